The first kappa shape index (κ1) is 24.3. The number of esters is 1. The van der Waals surface area contributed by atoms with Gasteiger partial charge in [0.2, 0.25) is 0 Å². The first-order valence-electron chi connectivity index (χ1n) is 9.09. The van der Waals surface area contributed by atoms with Crippen molar-refractivity contribution in [2.24, 2.45) is 0 Å². The van der Waals surface area contributed by atoms with Crippen molar-refractivity contribution in [1.29, 1.82) is 0 Å². The number of hydrogen-bond acceptors (Lipinski definition) is 7. The normalized spacial score (nSPS) is 12.3. The monoisotopic (exact) mass is 415 g/mol. The molecule has 0 aliphatic carbocycles. The van der Waals surface area contributed by atoms with Gasteiger partial charge in [0.1, 0.15) is 5.60 Å². The number of benzene rings is 1. The van der Waals surface area contributed by atoms with Crippen LogP contribution in [0.5, 0.6) is 0 Å². The number of carbonyl (C=O) groups excluding carboxylic acids is 2. The largest absolute Gasteiger partial charge is 0.466 e. The first-order valence-corrected chi connectivity index (χ1v) is 10.2. The second kappa shape index (κ2) is 13.4. The minimum absolute atomic E-state index is 0.212. The number of alkyl carbamates (subject to hydrolysis) is 1. The maximum Gasteiger partial charge on any atom is 0.407 e. The van der Waals surface area contributed by atoms with Gasteiger partial charge in [-0.3, -0.25) is 4.79 Å². The molecule has 0 saturated carbocycles. The van der Waals surface area contributed by atoms with Crippen LogP contribution >= 0.6 is 8.60 Å². The Hall–Kier alpha value is -1.73. The molecule has 0 fully saturated rings. The Balaban J connectivity index is 2.34. The zero-order valence-electron chi connectivity index (χ0n) is 16.9. The van der Waals surface area contributed by atoms with Gasteiger partial charge in [0.25, 0.3) is 0 Å². The molecule has 0 heterocycles. The van der Waals surface area contributed by atoms with E-state index in [0.717, 1.165) is 5.56 Å². The number of carbonyl (C=O) groups is 2. The van der Waals surface area contributed by atoms with Gasteiger partial charge < -0.3 is 28.4 Å². The fourth-order valence-electron chi connectivity index (χ4n) is 1.81. The minimum Gasteiger partial charge on any atom is -0.466 e. The zero-order chi connectivity index (χ0) is 20.8. The van der Waals surface area contributed by atoms with Crippen LogP contribution in [0.4, 0.5) is 4.79 Å². The fraction of sp³-hybridized carbons (Fsp3) is 0.579. The lowest BCUT2D eigenvalue weighted by Crippen LogP contribution is -2.34. The fourth-order valence-corrected chi connectivity index (χ4v) is 2.81. The summed E-state index contributed by atoms with van der Waals surface area (Å²) in [6.45, 7) is 8.16. The molecule has 0 aromatic heterocycles. The van der Waals surface area contributed by atoms with Crippen molar-refractivity contribution in [3.63, 3.8) is 0 Å². The number of rotatable bonds is 12. The maximum atomic E-state index is 11.6. The van der Waals surface area contributed by atoms with E-state index in [4.69, 9.17) is 23.0 Å². The Morgan fingerprint density at radius 3 is 2.32 bits per heavy atom. The molecule has 1 atom stereocenters. The van der Waals surface area contributed by atoms with E-state index < -0.39 is 20.3 Å². The predicted octanol–water partition coefficient (Wildman–Crippen LogP) is 3.94. The summed E-state index contributed by atoms with van der Waals surface area (Å²) in [6.07, 6.45) is 0.0278. The Labute approximate surface area is 167 Å². The molecule has 8 nitrogen and oxygen atoms in total. The highest BCUT2D eigenvalue weighted by atomic mass is 31.2. The quantitative estimate of drug-likeness (QED) is 0.314. The van der Waals surface area contributed by atoms with E-state index in [-0.39, 0.29) is 25.7 Å². The molecule has 1 amide bonds. The Morgan fingerprint density at radius 2 is 1.68 bits per heavy atom. The van der Waals surface area contributed by atoms with E-state index in [1.54, 1.807) is 20.8 Å². The molecule has 9 heteroatoms. The molecule has 1 aromatic carbocycles. The lowest BCUT2D eigenvalue weighted by atomic mass is 10.2. The molecule has 1 rings (SSSR count). The van der Waals surface area contributed by atoms with Crippen molar-refractivity contribution < 1.29 is 32.6 Å². The molecule has 0 spiro atoms. The van der Waals surface area contributed by atoms with E-state index in [9.17, 15) is 9.59 Å². The Morgan fingerprint density at radius 1 is 1.00 bits per heavy atom. The van der Waals surface area contributed by atoms with Crippen LogP contribution in [0.1, 0.15) is 39.7 Å². The van der Waals surface area contributed by atoms with Gasteiger partial charge in [-0.2, -0.15) is 0 Å². The summed E-state index contributed by atoms with van der Waals surface area (Å²) >= 11 is 0. The van der Waals surface area contributed by atoms with Crippen molar-refractivity contribution in [2.45, 2.75) is 46.3 Å². The number of hydrogen-bond donors (Lipinski definition) is 1. The van der Waals surface area contributed by atoms with Crippen LogP contribution in [0, 0.1) is 0 Å². The van der Waals surface area contributed by atoms with Crippen LogP contribution in [0.25, 0.3) is 0 Å². The van der Waals surface area contributed by atoms with Crippen molar-refractivity contribution >= 4 is 20.7 Å². The van der Waals surface area contributed by atoms with Crippen LogP contribution in [0.3, 0.4) is 0 Å². The molecule has 0 aliphatic rings. The second-order valence-corrected chi connectivity index (χ2v) is 7.99. The standard InChI is InChI=1S/C19H30NO7P/c1-16(21)23-12-8-13-24-28(26-15-17-9-6-5-7-10-17)25-14-11-20-18(22)27-19(2,3)4/h5-7,9-10H,8,11-15H2,1-4H3,(H,20,22). The van der Waals surface area contributed by atoms with Gasteiger partial charge in [0, 0.05) is 19.9 Å². The number of nitrogens with one attached hydrogen (secondary N) is 1. The summed E-state index contributed by atoms with van der Waals surface area (Å²) in [7, 11) is -1.61. The van der Waals surface area contributed by atoms with Crippen LogP contribution in [0.15, 0.2) is 30.3 Å². The average molecular weight is 415 g/mol. The van der Waals surface area contributed by atoms with Crippen molar-refractivity contribution in [2.75, 3.05) is 26.4 Å². The van der Waals surface area contributed by atoms with Gasteiger partial charge in [0.15, 0.2) is 0 Å². The molecule has 1 unspecified atom stereocenters. The summed E-state index contributed by atoms with van der Waals surface area (Å²) in [6, 6.07) is 9.66. The molecule has 1 N–H and O–H groups in total. The lowest BCUT2D eigenvalue weighted by Gasteiger charge is -2.20. The van der Waals surface area contributed by atoms with Gasteiger partial charge >= 0.3 is 20.7 Å². The van der Waals surface area contributed by atoms with Crippen LogP contribution < -0.4 is 5.32 Å². The number of ether oxygens (including phenoxy) is 2. The third-order valence-electron chi connectivity index (χ3n) is 2.94. The highest BCUT2D eigenvalue weighted by Gasteiger charge is 2.17. The van der Waals surface area contributed by atoms with Crippen molar-refractivity contribution in [3.8, 4) is 0 Å². The molecule has 158 valence electrons. The average Bonchev–Trinajstić information content (AvgIpc) is 2.61. The van der Waals surface area contributed by atoms with Gasteiger partial charge in [-0.1, -0.05) is 30.3 Å². The van der Waals surface area contributed by atoms with Crippen LogP contribution in [-0.2, 0) is 34.4 Å². The Kier molecular flexibility index (Phi) is 11.7. The van der Waals surface area contributed by atoms with Crippen LogP contribution in [-0.4, -0.2) is 44.0 Å². The lowest BCUT2D eigenvalue weighted by molar-refractivity contribution is -0.141. The first-order chi connectivity index (χ1) is 13.3. The molecule has 1 aromatic rings. The topological polar surface area (TPSA) is 92.3 Å². The summed E-state index contributed by atoms with van der Waals surface area (Å²) in [5.41, 5.74) is 0.440. The predicted molar refractivity (Wildman–Crippen MR) is 106 cm³/mol. The van der Waals surface area contributed by atoms with Crippen LogP contribution in [0.2, 0.25) is 0 Å². The molecule has 28 heavy (non-hydrogen) atoms. The second-order valence-electron chi connectivity index (χ2n) is 6.77. The van der Waals surface area contributed by atoms with Crippen molar-refractivity contribution in [3.05, 3.63) is 35.9 Å². The van der Waals surface area contributed by atoms with E-state index >= 15 is 0 Å². The van der Waals surface area contributed by atoms with Gasteiger partial charge in [0.05, 0.1) is 26.4 Å². The van der Waals surface area contributed by atoms with Crippen molar-refractivity contribution in [1.82, 2.24) is 5.32 Å². The minimum atomic E-state index is -1.61. The Bertz CT molecular complexity index is 577. The van der Waals surface area contributed by atoms with E-state index in [0.29, 0.717) is 19.6 Å². The highest BCUT2D eigenvalue weighted by Crippen LogP contribution is 2.40. The highest BCUT2D eigenvalue weighted by molar-refractivity contribution is 7.41. The molecule has 0 bridgehead atoms. The van der Waals surface area contributed by atoms with Gasteiger partial charge in [-0.25, -0.2) is 4.79 Å². The van der Waals surface area contributed by atoms with Gasteiger partial charge in [-0.05, 0) is 26.3 Å². The smallest absolute Gasteiger partial charge is 0.407 e. The summed E-state index contributed by atoms with van der Waals surface area (Å²) < 4.78 is 27.0. The molecular weight excluding hydrogens is 385 g/mol. The summed E-state index contributed by atoms with van der Waals surface area (Å²) in [4.78, 5) is 22.4. The van der Waals surface area contributed by atoms with E-state index in [2.05, 4.69) is 5.32 Å². The van der Waals surface area contributed by atoms with Gasteiger partial charge in [-0.15, -0.1) is 0 Å². The maximum absolute atomic E-state index is 11.6. The summed E-state index contributed by atoms with van der Waals surface area (Å²) in [5.74, 6) is -0.327. The third kappa shape index (κ3) is 13.4. The zero-order valence-corrected chi connectivity index (χ0v) is 17.8. The molecular formula is C19H30NO7P. The third-order valence-corrected chi connectivity index (χ3v) is 4.06. The SMILES string of the molecule is CC(=O)OCCCOP(OCCNC(=O)OC(C)(C)C)OCc1ccccc1. The molecule has 0 aliphatic heterocycles. The van der Waals surface area contributed by atoms with E-state index in [1.807, 2.05) is 30.3 Å². The number of amides is 1. The molecule has 0 radical (unpaired) electrons. The molecule has 0 saturated heterocycles. The summed E-state index contributed by atoms with van der Waals surface area (Å²) in [5, 5.41) is 2.61. The van der Waals surface area contributed by atoms with E-state index in [1.165, 1.54) is 6.92 Å².